The number of allylic oxidation sites excluding steroid dienone is 10. The number of aliphatic hydroxyl groups is 2. The van der Waals surface area contributed by atoms with E-state index < -0.39 is 11.1 Å². The Bertz CT molecular complexity index is 693. The maximum atomic E-state index is 11.3. The van der Waals surface area contributed by atoms with Crippen molar-refractivity contribution in [2.75, 3.05) is 13.2 Å². The summed E-state index contributed by atoms with van der Waals surface area (Å²) in [5.74, 6) is -0.0394. The van der Waals surface area contributed by atoms with Crippen LogP contribution in [0.5, 0.6) is 0 Å². The minimum absolute atomic E-state index is 0. The molecule has 0 amide bonds. The summed E-state index contributed by atoms with van der Waals surface area (Å²) in [6, 6.07) is 0. The van der Waals surface area contributed by atoms with Crippen LogP contribution in [-0.4, -0.2) is 46.1 Å². The van der Waals surface area contributed by atoms with Gasteiger partial charge in [0.2, 0.25) is 0 Å². The second-order valence-electron chi connectivity index (χ2n) is 7.74. The summed E-state index contributed by atoms with van der Waals surface area (Å²) >= 11 is 0. The predicted octanol–water partition coefficient (Wildman–Crippen LogP) is 1.85. The normalized spacial score (nSPS) is 18.4. The standard InChI is InChI=1S/2C11H15NO2.Ni/c2*1-11(2,8-13)12-7-9-5-3-4-6-10(9)14;/h2*3-7,12-13H,8H2,1-2H3;/b2*9-7-;. The van der Waals surface area contributed by atoms with E-state index in [4.69, 9.17) is 10.2 Å². The molecule has 0 radical (unpaired) electrons. The van der Waals surface area contributed by atoms with Crippen LogP contribution in [-0.2, 0) is 26.1 Å². The van der Waals surface area contributed by atoms with Crippen LogP contribution in [0.15, 0.2) is 72.2 Å². The van der Waals surface area contributed by atoms with Crippen molar-refractivity contribution in [1.82, 2.24) is 10.6 Å². The van der Waals surface area contributed by atoms with E-state index in [1.54, 1.807) is 48.9 Å². The maximum absolute atomic E-state index is 11.3. The molecular formula is C22H30N2NiO4. The summed E-state index contributed by atoms with van der Waals surface area (Å²) in [4.78, 5) is 22.6. The van der Waals surface area contributed by atoms with Crippen LogP contribution in [0.1, 0.15) is 27.7 Å². The minimum Gasteiger partial charge on any atom is -0.394 e. The Labute approximate surface area is 182 Å². The third-order valence-corrected chi connectivity index (χ3v) is 3.87. The van der Waals surface area contributed by atoms with Gasteiger partial charge in [-0.2, -0.15) is 0 Å². The summed E-state index contributed by atoms with van der Waals surface area (Å²) in [7, 11) is 0. The molecular weight excluding hydrogens is 415 g/mol. The number of nitrogens with one attached hydrogen (secondary N) is 2. The average Bonchev–Trinajstić information content (AvgIpc) is 2.67. The first kappa shape index (κ1) is 26.8. The molecule has 0 aromatic carbocycles. The van der Waals surface area contributed by atoms with E-state index in [-0.39, 0.29) is 41.3 Å². The predicted molar refractivity (Wildman–Crippen MR) is 111 cm³/mol. The molecule has 0 atom stereocenters. The Kier molecular flexibility index (Phi) is 11.4. The topological polar surface area (TPSA) is 98.7 Å². The van der Waals surface area contributed by atoms with Crippen LogP contribution in [0.2, 0.25) is 0 Å². The first-order chi connectivity index (χ1) is 13.1. The molecule has 162 valence electrons. The summed E-state index contributed by atoms with van der Waals surface area (Å²) in [6.07, 6.45) is 16.8. The van der Waals surface area contributed by atoms with Gasteiger partial charge in [-0.15, -0.1) is 0 Å². The van der Waals surface area contributed by atoms with Gasteiger partial charge >= 0.3 is 0 Å². The fraction of sp³-hybridized carbons (Fsp3) is 0.364. The van der Waals surface area contributed by atoms with Crippen molar-refractivity contribution < 1.29 is 36.3 Å². The zero-order valence-electron chi connectivity index (χ0n) is 17.2. The Balaban J connectivity index is 0.000000523. The number of ketones is 2. The van der Waals surface area contributed by atoms with Crippen LogP contribution in [0.3, 0.4) is 0 Å². The maximum Gasteiger partial charge on any atom is 0.187 e. The van der Waals surface area contributed by atoms with Crippen molar-refractivity contribution in [2.45, 2.75) is 38.8 Å². The number of carbonyl (C=O) groups is 2. The summed E-state index contributed by atoms with van der Waals surface area (Å²) in [5, 5.41) is 23.9. The van der Waals surface area contributed by atoms with Crippen LogP contribution < -0.4 is 10.6 Å². The summed E-state index contributed by atoms with van der Waals surface area (Å²) < 4.78 is 0. The molecule has 6 nitrogen and oxygen atoms in total. The smallest absolute Gasteiger partial charge is 0.187 e. The van der Waals surface area contributed by atoms with Gasteiger partial charge in [-0.3, -0.25) is 9.59 Å². The molecule has 7 heteroatoms. The van der Waals surface area contributed by atoms with Gasteiger partial charge in [0.25, 0.3) is 0 Å². The molecule has 2 rings (SSSR count). The molecule has 0 saturated heterocycles. The van der Waals surface area contributed by atoms with Crippen molar-refractivity contribution in [1.29, 1.82) is 0 Å². The molecule has 0 heterocycles. The molecule has 2 aliphatic rings. The van der Waals surface area contributed by atoms with E-state index in [0.29, 0.717) is 11.1 Å². The molecule has 0 aliphatic heterocycles. The van der Waals surface area contributed by atoms with Crippen molar-refractivity contribution in [3.8, 4) is 0 Å². The summed E-state index contributed by atoms with van der Waals surface area (Å²) in [5.41, 5.74) is 0.410. The van der Waals surface area contributed by atoms with Crippen LogP contribution in [0.4, 0.5) is 0 Å². The third-order valence-electron chi connectivity index (χ3n) is 3.87. The van der Waals surface area contributed by atoms with E-state index >= 15 is 0 Å². The van der Waals surface area contributed by atoms with E-state index in [0.717, 1.165) is 0 Å². The van der Waals surface area contributed by atoms with Crippen molar-refractivity contribution in [3.05, 3.63) is 72.2 Å². The Morgan fingerprint density at radius 3 is 1.31 bits per heavy atom. The van der Waals surface area contributed by atoms with Crippen LogP contribution >= 0.6 is 0 Å². The zero-order chi connectivity index (χ0) is 21.2. The number of carbonyl (C=O) groups excluding carboxylic acids is 2. The van der Waals surface area contributed by atoms with Gasteiger partial charge < -0.3 is 20.8 Å². The van der Waals surface area contributed by atoms with E-state index in [1.165, 1.54) is 12.2 Å². The van der Waals surface area contributed by atoms with Crippen molar-refractivity contribution >= 4 is 11.6 Å². The monoisotopic (exact) mass is 444 g/mol. The SMILES string of the molecule is CC(C)(CO)N/C=C1/C=CC=CC1=O.CC(C)(CO)N/C=C1/C=CC=CC1=O.[Ni]. The number of hydrogen-bond donors (Lipinski definition) is 4. The van der Waals surface area contributed by atoms with Gasteiger partial charge in [-0.05, 0) is 52.0 Å². The number of hydrogen-bond acceptors (Lipinski definition) is 6. The average molecular weight is 445 g/mol. The molecule has 4 N–H and O–H groups in total. The Hall–Kier alpha value is -2.21. The molecule has 0 fully saturated rings. The first-order valence-electron chi connectivity index (χ1n) is 9.06. The fourth-order valence-corrected chi connectivity index (χ4v) is 1.84. The summed E-state index contributed by atoms with van der Waals surface area (Å²) in [6.45, 7) is 7.47. The quantitative estimate of drug-likeness (QED) is 0.368. The van der Waals surface area contributed by atoms with E-state index in [2.05, 4.69) is 10.6 Å². The zero-order valence-corrected chi connectivity index (χ0v) is 18.2. The third kappa shape index (κ3) is 10.2. The molecule has 29 heavy (non-hydrogen) atoms. The fourth-order valence-electron chi connectivity index (χ4n) is 1.84. The molecule has 0 aromatic heterocycles. The molecule has 0 unspecified atom stereocenters. The van der Waals surface area contributed by atoms with Gasteiger partial charge in [-0.1, -0.05) is 24.3 Å². The van der Waals surface area contributed by atoms with Crippen LogP contribution in [0, 0.1) is 0 Å². The van der Waals surface area contributed by atoms with Crippen molar-refractivity contribution in [2.24, 2.45) is 0 Å². The molecule has 0 aromatic rings. The van der Waals surface area contributed by atoms with Gasteiger partial charge in [0.05, 0.1) is 24.3 Å². The largest absolute Gasteiger partial charge is 0.394 e. The van der Waals surface area contributed by atoms with E-state index in [1.807, 2.05) is 27.7 Å². The minimum atomic E-state index is -0.401. The van der Waals surface area contributed by atoms with Crippen molar-refractivity contribution in [3.63, 3.8) is 0 Å². The van der Waals surface area contributed by atoms with Crippen LogP contribution in [0.25, 0.3) is 0 Å². The second kappa shape index (κ2) is 12.4. The van der Waals surface area contributed by atoms with Gasteiger partial charge in [0, 0.05) is 40.0 Å². The molecule has 2 aliphatic carbocycles. The number of aliphatic hydroxyl groups excluding tert-OH is 2. The second-order valence-corrected chi connectivity index (χ2v) is 7.74. The van der Waals surface area contributed by atoms with E-state index in [9.17, 15) is 9.59 Å². The van der Waals surface area contributed by atoms with Gasteiger partial charge in [-0.25, -0.2) is 0 Å². The first-order valence-corrected chi connectivity index (χ1v) is 9.06. The van der Waals surface area contributed by atoms with Gasteiger partial charge in [0.1, 0.15) is 0 Å². The molecule has 0 bridgehead atoms. The Morgan fingerprint density at radius 1 is 0.724 bits per heavy atom. The Morgan fingerprint density at radius 2 is 1.03 bits per heavy atom. The van der Waals surface area contributed by atoms with Gasteiger partial charge in [0.15, 0.2) is 11.6 Å². The number of rotatable bonds is 6. The molecule has 0 spiro atoms. The molecule has 0 saturated carbocycles.